The van der Waals surface area contributed by atoms with Gasteiger partial charge in [-0.25, -0.2) is 0 Å². The van der Waals surface area contributed by atoms with Crippen molar-refractivity contribution in [3.8, 4) is 0 Å². The van der Waals surface area contributed by atoms with Crippen LogP contribution in [0.15, 0.2) is 30.3 Å². The van der Waals surface area contributed by atoms with E-state index in [4.69, 9.17) is 5.73 Å². The van der Waals surface area contributed by atoms with Crippen LogP contribution in [-0.4, -0.2) is 17.6 Å². The van der Waals surface area contributed by atoms with Crippen LogP contribution in [0.1, 0.15) is 24.6 Å². The third-order valence-electron chi connectivity index (χ3n) is 3.17. The number of nitrogens with one attached hydrogen (secondary N) is 1. The summed E-state index contributed by atoms with van der Waals surface area (Å²) < 4.78 is 0. The molecule has 3 nitrogen and oxygen atoms in total. The molecule has 3 N–H and O–H groups in total. The van der Waals surface area contributed by atoms with Gasteiger partial charge >= 0.3 is 0 Å². The number of hydrogen-bond donors (Lipinski definition) is 2. The topological polar surface area (TPSA) is 50.9 Å². The Morgan fingerprint density at radius 2 is 2.11 bits per heavy atom. The van der Waals surface area contributed by atoms with Crippen molar-refractivity contribution in [3.63, 3.8) is 0 Å². The first-order valence-corrected chi connectivity index (χ1v) is 6.49. The molecule has 0 saturated heterocycles. The Bertz CT molecular complexity index is 522. The van der Waals surface area contributed by atoms with E-state index in [9.17, 15) is 0 Å². The van der Waals surface area contributed by atoms with E-state index in [1.807, 2.05) is 13.0 Å². The zero-order valence-electron chi connectivity index (χ0n) is 11.1. The molecule has 0 radical (unpaired) electrons. The van der Waals surface area contributed by atoms with Gasteiger partial charge < -0.3 is 11.1 Å². The smallest absolute Gasteiger partial charge is 0.0708 e. The summed E-state index contributed by atoms with van der Waals surface area (Å²) in [5, 5.41) is 4.74. The van der Waals surface area contributed by atoms with Crippen molar-refractivity contribution in [2.45, 2.75) is 32.9 Å². The lowest BCUT2D eigenvalue weighted by Gasteiger charge is -2.14. The van der Waals surface area contributed by atoms with Gasteiger partial charge in [-0.15, -0.1) is 0 Å². The van der Waals surface area contributed by atoms with Gasteiger partial charge in [0.1, 0.15) is 0 Å². The number of fused-ring (bicyclic) bond motifs is 1. The maximum absolute atomic E-state index is 5.56. The summed E-state index contributed by atoms with van der Waals surface area (Å²) in [4.78, 5) is 4.55. The first kappa shape index (κ1) is 13.0. The van der Waals surface area contributed by atoms with Gasteiger partial charge in [-0.1, -0.05) is 18.2 Å². The SMILES string of the molecule is Cc1cc(CNC(C)CCN)c2ccccc2n1. The quantitative estimate of drug-likeness (QED) is 0.847. The van der Waals surface area contributed by atoms with E-state index in [0.717, 1.165) is 30.7 Å². The molecule has 0 spiro atoms. The van der Waals surface area contributed by atoms with Gasteiger partial charge in [0.25, 0.3) is 0 Å². The van der Waals surface area contributed by atoms with E-state index in [1.165, 1.54) is 10.9 Å². The molecule has 2 aromatic rings. The van der Waals surface area contributed by atoms with Crippen molar-refractivity contribution in [2.75, 3.05) is 6.54 Å². The molecule has 0 amide bonds. The van der Waals surface area contributed by atoms with Gasteiger partial charge in [-0.05, 0) is 44.5 Å². The molecule has 1 aromatic heterocycles. The fourth-order valence-electron chi connectivity index (χ4n) is 2.18. The van der Waals surface area contributed by atoms with Crippen molar-refractivity contribution < 1.29 is 0 Å². The molecule has 0 aliphatic rings. The number of para-hydroxylation sites is 1. The molecular formula is C15H21N3. The van der Waals surface area contributed by atoms with E-state index < -0.39 is 0 Å². The van der Waals surface area contributed by atoms with E-state index in [2.05, 4.69) is 41.5 Å². The highest BCUT2D eigenvalue weighted by Gasteiger charge is 2.05. The van der Waals surface area contributed by atoms with Crippen LogP contribution in [0, 0.1) is 6.92 Å². The number of hydrogen-bond acceptors (Lipinski definition) is 3. The van der Waals surface area contributed by atoms with Crippen LogP contribution in [0.5, 0.6) is 0 Å². The molecule has 1 unspecified atom stereocenters. The highest BCUT2D eigenvalue weighted by atomic mass is 14.9. The van der Waals surface area contributed by atoms with Gasteiger partial charge in [0.05, 0.1) is 5.52 Å². The highest BCUT2D eigenvalue weighted by Crippen LogP contribution is 2.18. The predicted molar refractivity (Wildman–Crippen MR) is 76.5 cm³/mol. The summed E-state index contributed by atoms with van der Waals surface area (Å²) in [6.07, 6.45) is 1.00. The van der Waals surface area contributed by atoms with E-state index >= 15 is 0 Å². The highest BCUT2D eigenvalue weighted by molar-refractivity contribution is 5.82. The lowest BCUT2D eigenvalue weighted by Crippen LogP contribution is -2.28. The predicted octanol–water partition coefficient (Wildman–Crippen LogP) is 2.37. The van der Waals surface area contributed by atoms with Crippen LogP contribution in [0.25, 0.3) is 10.9 Å². The molecule has 0 bridgehead atoms. The lowest BCUT2D eigenvalue weighted by atomic mass is 10.1. The molecule has 18 heavy (non-hydrogen) atoms. The van der Waals surface area contributed by atoms with Crippen LogP contribution in [-0.2, 0) is 6.54 Å². The van der Waals surface area contributed by atoms with Crippen molar-refractivity contribution in [2.24, 2.45) is 5.73 Å². The van der Waals surface area contributed by atoms with Crippen LogP contribution in [0.4, 0.5) is 0 Å². The summed E-state index contributed by atoms with van der Waals surface area (Å²) in [5.74, 6) is 0. The van der Waals surface area contributed by atoms with E-state index in [0.29, 0.717) is 6.04 Å². The maximum atomic E-state index is 5.56. The molecule has 3 heteroatoms. The second-order valence-electron chi connectivity index (χ2n) is 4.80. The molecule has 1 aromatic carbocycles. The minimum absolute atomic E-state index is 0.447. The van der Waals surface area contributed by atoms with Gasteiger partial charge in [-0.2, -0.15) is 0 Å². The summed E-state index contributed by atoms with van der Waals surface area (Å²) in [6.45, 7) is 5.80. The summed E-state index contributed by atoms with van der Waals surface area (Å²) in [6, 6.07) is 10.9. The Balaban J connectivity index is 2.21. The second-order valence-corrected chi connectivity index (χ2v) is 4.80. The van der Waals surface area contributed by atoms with Gasteiger partial charge in [-0.3, -0.25) is 4.98 Å². The third kappa shape index (κ3) is 3.06. The van der Waals surface area contributed by atoms with Crippen molar-refractivity contribution in [1.29, 1.82) is 0 Å². The first-order valence-electron chi connectivity index (χ1n) is 6.49. The number of nitrogens with two attached hydrogens (primary N) is 1. The van der Waals surface area contributed by atoms with Crippen LogP contribution >= 0.6 is 0 Å². The summed E-state index contributed by atoms with van der Waals surface area (Å²) >= 11 is 0. The fraction of sp³-hybridized carbons (Fsp3) is 0.400. The Morgan fingerprint density at radius 1 is 1.33 bits per heavy atom. The number of nitrogens with zero attached hydrogens (tertiary/aromatic N) is 1. The molecule has 1 atom stereocenters. The van der Waals surface area contributed by atoms with E-state index in [-0.39, 0.29) is 0 Å². The number of aryl methyl sites for hydroxylation is 1. The Hall–Kier alpha value is -1.45. The molecule has 0 saturated carbocycles. The van der Waals surface area contributed by atoms with Gasteiger partial charge in [0.15, 0.2) is 0 Å². The summed E-state index contributed by atoms with van der Waals surface area (Å²) in [5.41, 5.74) is 9.01. The average molecular weight is 243 g/mol. The molecular weight excluding hydrogens is 222 g/mol. The summed E-state index contributed by atoms with van der Waals surface area (Å²) in [7, 11) is 0. The lowest BCUT2D eigenvalue weighted by molar-refractivity contribution is 0.521. The van der Waals surface area contributed by atoms with Crippen molar-refractivity contribution >= 4 is 10.9 Å². The Morgan fingerprint density at radius 3 is 2.89 bits per heavy atom. The standard InChI is InChI=1S/C15H21N3/c1-11(7-8-16)17-10-13-9-12(2)18-15-6-4-3-5-14(13)15/h3-6,9,11,17H,7-8,10,16H2,1-2H3. The number of benzene rings is 1. The minimum atomic E-state index is 0.447. The molecule has 1 heterocycles. The normalized spacial score (nSPS) is 12.8. The van der Waals surface area contributed by atoms with E-state index in [1.54, 1.807) is 0 Å². The number of aromatic nitrogens is 1. The Labute approximate surface area is 108 Å². The molecule has 0 fully saturated rings. The average Bonchev–Trinajstić information content (AvgIpc) is 2.36. The molecule has 0 aliphatic heterocycles. The second kappa shape index (κ2) is 5.94. The zero-order chi connectivity index (χ0) is 13.0. The first-order chi connectivity index (χ1) is 8.70. The number of pyridine rings is 1. The number of rotatable bonds is 5. The van der Waals surface area contributed by atoms with Gasteiger partial charge in [0.2, 0.25) is 0 Å². The monoisotopic (exact) mass is 243 g/mol. The minimum Gasteiger partial charge on any atom is -0.330 e. The third-order valence-corrected chi connectivity index (χ3v) is 3.17. The maximum Gasteiger partial charge on any atom is 0.0708 e. The van der Waals surface area contributed by atoms with Crippen LogP contribution in [0.3, 0.4) is 0 Å². The largest absolute Gasteiger partial charge is 0.330 e. The molecule has 0 aliphatic carbocycles. The zero-order valence-corrected chi connectivity index (χ0v) is 11.1. The van der Waals surface area contributed by atoms with Crippen molar-refractivity contribution in [3.05, 3.63) is 41.6 Å². The fourth-order valence-corrected chi connectivity index (χ4v) is 2.18. The van der Waals surface area contributed by atoms with Crippen molar-refractivity contribution in [1.82, 2.24) is 10.3 Å². The molecule has 2 rings (SSSR count). The van der Waals surface area contributed by atoms with Crippen LogP contribution in [0.2, 0.25) is 0 Å². The van der Waals surface area contributed by atoms with Crippen LogP contribution < -0.4 is 11.1 Å². The molecule has 96 valence electrons. The van der Waals surface area contributed by atoms with Gasteiger partial charge in [0, 0.05) is 23.7 Å². The Kier molecular flexibility index (Phi) is 4.28.